The van der Waals surface area contributed by atoms with E-state index in [-0.39, 0.29) is 0 Å². The lowest BCUT2D eigenvalue weighted by atomic mass is 10.1. The van der Waals surface area contributed by atoms with E-state index in [4.69, 9.17) is 0 Å². The van der Waals surface area contributed by atoms with Gasteiger partial charge < -0.3 is 10.2 Å². The van der Waals surface area contributed by atoms with Crippen LogP contribution in [0.1, 0.15) is 38.7 Å². The minimum Gasteiger partial charge on any atom is -0.367 e. The van der Waals surface area contributed by atoms with Crippen molar-refractivity contribution >= 4 is 5.69 Å². The Morgan fingerprint density at radius 1 is 1.22 bits per heavy atom. The highest BCUT2D eigenvalue weighted by Crippen LogP contribution is 2.30. The molecule has 1 fully saturated rings. The molecule has 0 amide bonds. The van der Waals surface area contributed by atoms with Crippen molar-refractivity contribution in [3.8, 4) is 0 Å². The summed E-state index contributed by atoms with van der Waals surface area (Å²) < 4.78 is 0. The third kappa shape index (κ3) is 2.69. The smallest absolute Gasteiger partial charge is 0.0443 e. The fourth-order valence-electron chi connectivity index (χ4n) is 3.28. The Balaban J connectivity index is 2.20. The van der Waals surface area contributed by atoms with Gasteiger partial charge in [0.1, 0.15) is 0 Å². The van der Waals surface area contributed by atoms with E-state index in [0.29, 0.717) is 12.1 Å². The maximum atomic E-state index is 3.66. The van der Waals surface area contributed by atoms with Crippen LogP contribution in [0.4, 0.5) is 5.69 Å². The number of benzene rings is 1. The second-order valence-electron chi connectivity index (χ2n) is 5.23. The molecule has 18 heavy (non-hydrogen) atoms. The molecule has 2 heteroatoms. The average Bonchev–Trinajstić information content (AvgIpc) is 2.82. The van der Waals surface area contributed by atoms with Crippen LogP contribution in [0.3, 0.4) is 0 Å². The number of rotatable bonds is 5. The van der Waals surface area contributed by atoms with Gasteiger partial charge in [-0.05, 0) is 51.3 Å². The molecule has 1 N–H and O–H groups in total. The molecule has 1 aliphatic carbocycles. The fourth-order valence-corrected chi connectivity index (χ4v) is 3.28. The van der Waals surface area contributed by atoms with Crippen molar-refractivity contribution in [3.63, 3.8) is 0 Å². The molecule has 0 heterocycles. The van der Waals surface area contributed by atoms with Crippen molar-refractivity contribution < 1.29 is 0 Å². The summed E-state index contributed by atoms with van der Waals surface area (Å²) in [6.45, 7) is 8.87. The summed E-state index contributed by atoms with van der Waals surface area (Å²) >= 11 is 0. The van der Waals surface area contributed by atoms with Gasteiger partial charge in [-0.2, -0.15) is 0 Å². The first-order valence-electron chi connectivity index (χ1n) is 7.33. The van der Waals surface area contributed by atoms with E-state index in [0.717, 1.165) is 13.1 Å². The molecule has 0 spiro atoms. The zero-order valence-corrected chi connectivity index (χ0v) is 11.9. The van der Waals surface area contributed by atoms with E-state index in [2.05, 4.69) is 55.3 Å². The molecule has 2 rings (SSSR count). The summed E-state index contributed by atoms with van der Waals surface area (Å²) in [5.74, 6) is 0. The first kappa shape index (κ1) is 13.4. The van der Waals surface area contributed by atoms with Crippen molar-refractivity contribution in [2.75, 3.05) is 18.0 Å². The SMILES string of the molecule is CCNC1CCCC1N(CC)c1ccccc1C. The van der Waals surface area contributed by atoms with E-state index >= 15 is 0 Å². The van der Waals surface area contributed by atoms with Crippen molar-refractivity contribution in [2.45, 2.75) is 52.1 Å². The number of hydrogen-bond donors (Lipinski definition) is 1. The molecule has 0 bridgehead atoms. The molecule has 0 radical (unpaired) electrons. The molecule has 0 aliphatic heterocycles. The highest BCUT2D eigenvalue weighted by Gasteiger charge is 2.31. The molecular weight excluding hydrogens is 220 g/mol. The van der Waals surface area contributed by atoms with Crippen LogP contribution in [0.5, 0.6) is 0 Å². The predicted octanol–water partition coefficient (Wildman–Crippen LogP) is 3.35. The highest BCUT2D eigenvalue weighted by atomic mass is 15.2. The maximum absolute atomic E-state index is 3.66. The van der Waals surface area contributed by atoms with E-state index in [9.17, 15) is 0 Å². The van der Waals surface area contributed by atoms with Gasteiger partial charge in [-0.25, -0.2) is 0 Å². The third-order valence-corrected chi connectivity index (χ3v) is 4.11. The molecule has 1 aromatic carbocycles. The van der Waals surface area contributed by atoms with Crippen molar-refractivity contribution in [3.05, 3.63) is 29.8 Å². The molecule has 0 aromatic heterocycles. The van der Waals surface area contributed by atoms with E-state index in [1.807, 2.05) is 0 Å². The second kappa shape index (κ2) is 6.24. The van der Waals surface area contributed by atoms with Crippen LogP contribution in [-0.2, 0) is 0 Å². The lowest BCUT2D eigenvalue weighted by molar-refractivity contribution is 0.464. The highest BCUT2D eigenvalue weighted by molar-refractivity contribution is 5.54. The average molecular weight is 246 g/mol. The minimum atomic E-state index is 0.662. The Bertz CT molecular complexity index is 375. The predicted molar refractivity (Wildman–Crippen MR) is 79.3 cm³/mol. The summed E-state index contributed by atoms with van der Waals surface area (Å²) in [6.07, 6.45) is 3.99. The zero-order chi connectivity index (χ0) is 13.0. The Labute approximate surface area is 111 Å². The molecule has 2 atom stereocenters. The monoisotopic (exact) mass is 246 g/mol. The first-order valence-corrected chi connectivity index (χ1v) is 7.33. The molecule has 2 unspecified atom stereocenters. The van der Waals surface area contributed by atoms with Crippen LogP contribution < -0.4 is 10.2 Å². The summed E-state index contributed by atoms with van der Waals surface area (Å²) in [5.41, 5.74) is 2.80. The van der Waals surface area contributed by atoms with Gasteiger partial charge in [-0.3, -0.25) is 0 Å². The molecule has 1 saturated carbocycles. The topological polar surface area (TPSA) is 15.3 Å². The van der Waals surface area contributed by atoms with E-state index in [1.54, 1.807) is 0 Å². The number of para-hydroxylation sites is 1. The number of hydrogen-bond acceptors (Lipinski definition) is 2. The minimum absolute atomic E-state index is 0.662. The maximum Gasteiger partial charge on any atom is 0.0443 e. The summed E-state index contributed by atoms with van der Waals surface area (Å²) in [4.78, 5) is 2.59. The van der Waals surface area contributed by atoms with Gasteiger partial charge in [0.05, 0.1) is 0 Å². The molecule has 1 aromatic rings. The van der Waals surface area contributed by atoms with Crippen molar-refractivity contribution in [1.29, 1.82) is 0 Å². The molecule has 0 saturated heterocycles. The number of aryl methyl sites for hydroxylation is 1. The molecule has 100 valence electrons. The first-order chi connectivity index (χ1) is 8.77. The van der Waals surface area contributed by atoms with Crippen molar-refractivity contribution in [1.82, 2.24) is 5.32 Å². The van der Waals surface area contributed by atoms with Gasteiger partial charge in [0.25, 0.3) is 0 Å². The normalized spacial score (nSPS) is 23.3. The Hall–Kier alpha value is -1.02. The van der Waals surface area contributed by atoms with Crippen LogP contribution in [0.25, 0.3) is 0 Å². The van der Waals surface area contributed by atoms with Gasteiger partial charge in [-0.1, -0.05) is 25.1 Å². The number of anilines is 1. The quantitative estimate of drug-likeness (QED) is 0.857. The molecule has 1 aliphatic rings. The fraction of sp³-hybridized carbons (Fsp3) is 0.625. The number of likely N-dealkylation sites (N-methyl/N-ethyl adjacent to an activating group) is 2. The summed E-state index contributed by atoms with van der Waals surface area (Å²) in [7, 11) is 0. The van der Waals surface area contributed by atoms with Crippen LogP contribution in [0.15, 0.2) is 24.3 Å². The lowest BCUT2D eigenvalue weighted by Crippen LogP contribution is -2.47. The van der Waals surface area contributed by atoms with Crippen LogP contribution in [0.2, 0.25) is 0 Å². The van der Waals surface area contributed by atoms with Crippen LogP contribution in [0, 0.1) is 6.92 Å². The van der Waals surface area contributed by atoms with Gasteiger partial charge in [0, 0.05) is 24.3 Å². The van der Waals surface area contributed by atoms with Crippen LogP contribution >= 0.6 is 0 Å². The summed E-state index contributed by atoms with van der Waals surface area (Å²) in [6, 6.07) is 10.1. The molecular formula is C16H26N2. The Kier molecular flexibility index (Phi) is 4.65. The molecule has 2 nitrogen and oxygen atoms in total. The van der Waals surface area contributed by atoms with Gasteiger partial charge >= 0.3 is 0 Å². The summed E-state index contributed by atoms with van der Waals surface area (Å²) in [5, 5.41) is 3.66. The van der Waals surface area contributed by atoms with E-state index in [1.165, 1.54) is 30.5 Å². The standard InChI is InChI=1S/C16H26N2/c1-4-17-14-10-8-12-16(14)18(5-2)15-11-7-6-9-13(15)3/h6-7,9,11,14,16-17H,4-5,8,10,12H2,1-3H3. The van der Waals surface area contributed by atoms with Gasteiger partial charge in [0.15, 0.2) is 0 Å². The van der Waals surface area contributed by atoms with Gasteiger partial charge in [0.2, 0.25) is 0 Å². The van der Waals surface area contributed by atoms with Crippen molar-refractivity contribution in [2.24, 2.45) is 0 Å². The largest absolute Gasteiger partial charge is 0.367 e. The van der Waals surface area contributed by atoms with Gasteiger partial charge in [-0.15, -0.1) is 0 Å². The number of nitrogens with zero attached hydrogens (tertiary/aromatic N) is 1. The Morgan fingerprint density at radius 2 is 2.00 bits per heavy atom. The lowest BCUT2D eigenvalue weighted by Gasteiger charge is -2.35. The van der Waals surface area contributed by atoms with E-state index < -0.39 is 0 Å². The number of nitrogens with one attached hydrogen (secondary N) is 1. The Morgan fingerprint density at radius 3 is 2.67 bits per heavy atom. The second-order valence-corrected chi connectivity index (χ2v) is 5.23. The van der Waals surface area contributed by atoms with Crippen LogP contribution in [-0.4, -0.2) is 25.2 Å². The third-order valence-electron chi connectivity index (χ3n) is 4.11. The zero-order valence-electron chi connectivity index (χ0n) is 11.9.